The highest BCUT2D eigenvalue weighted by Gasteiger charge is 2.22. The first-order valence-corrected chi connectivity index (χ1v) is 7.66. The van der Waals surface area contributed by atoms with Crippen molar-refractivity contribution in [2.24, 2.45) is 11.1 Å². The van der Waals surface area contributed by atoms with E-state index in [0.717, 1.165) is 10.2 Å². The molecule has 1 atom stereocenters. The quantitative estimate of drug-likeness (QED) is 0.870. The van der Waals surface area contributed by atoms with E-state index in [1.54, 1.807) is 11.3 Å². The van der Waals surface area contributed by atoms with Gasteiger partial charge in [0.2, 0.25) is 5.91 Å². The number of carbonyl (C=O) groups is 1. The van der Waals surface area contributed by atoms with Gasteiger partial charge in [-0.05, 0) is 39.9 Å². The summed E-state index contributed by atoms with van der Waals surface area (Å²) < 4.78 is 1.12. The van der Waals surface area contributed by atoms with Gasteiger partial charge in [-0.2, -0.15) is 0 Å². The van der Waals surface area contributed by atoms with Gasteiger partial charge in [0.25, 0.3) is 0 Å². The van der Waals surface area contributed by atoms with Gasteiger partial charge in [0.05, 0.1) is 3.79 Å². The summed E-state index contributed by atoms with van der Waals surface area (Å²) in [7, 11) is 0. The standard InChI is InChI=1S/C13H21BrN2OS/c1-13(2,3)10(15)8-12(17)16-7-6-9-4-5-11(14)18-9/h4-5,10H,6-8,15H2,1-3H3,(H,16,17). The molecule has 5 heteroatoms. The molecule has 0 saturated carbocycles. The number of carbonyl (C=O) groups excluding carboxylic acids is 1. The van der Waals surface area contributed by atoms with E-state index < -0.39 is 0 Å². The van der Waals surface area contributed by atoms with Crippen molar-refractivity contribution in [2.75, 3.05) is 6.54 Å². The van der Waals surface area contributed by atoms with Crippen LogP contribution in [0.5, 0.6) is 0 Å². The van der Waals surface area contributed by atoms with Crippen LogP contribution in [0.15, 0.2) is 15.9 Å². The molecule has 18 heavy (non-hydrogen) atoms. The monoisotopic (exact) mass is 332 g/mol. The normalized spacial score (nSPS) is 13.4. The van der Waals surface area contributed by atoms with E-state index in [4.69, 9.17) is 5.73 Å². The van der Waals surface area contributed by atoms with Crippen LogP contribution >= 0.6 is 27.3 Å². The van der Waals surface area contributed by atoms with Gasteiger partial charge >= 0.3 is 0 Å². The third kappa shape index (κ3) is 5.50. The van der Waals surface area contributed by atoms with Crippen molar-refractivity contribution in [3.8, 4) is 0 Å². The van der Waals surface area contributed by atoms with Crippen LogP contribution in [0.2, 0.25) is 0 Å². The Bertz CT molecular complexity index is 398. The molecule has 0 aliphatic carbocycles. The first-order chi connectivity index (χ1) is 8.29. The number of halogens is 1. The molecule has 1 rings (SSSR count). The van der Waals surface area contributed by atoms with Gasteiger partial charge in [-0.15, -0.1) is 11.3 Å². The SMILES string of the molecule is CC(C)(C)C(N)CC(=O)NCCc1ccc(Br)s1. The zero-order valence-electron chi connectivity index (χ0n) is 11.1. The van der Waals surface area contributed by atoms with E-state index in [1.807, 2.05) is 26.8 Å². The average Bonchev–Trinajstić information content (AvgIpc) is 2.62. The second-order valence-electron chi connectivity index (χ2n) is 5.48. The van der Waals surface area contributed by atoms with Crippen molar-refractivity contribution < 1.29 is 4.79 Å². The number of thiophene rings is 1. The lowest BCUT2D eigenvalue weighted by molar-refractivity contribution is -0.121. The first-order valence-electron chi connectivity index (χ1n) is 6.05. The van der Waals surface area contributed by atoms with E-state index in [0.29, 0.717) is 13.0 Å². The molecule has 1 aromatic rings. The molecule has 3 N–H and O–H groups in total. The van der Waals surface area contributed by atoms with Crippen LogP contribution in [-0.2, 0) is 11.2 Å². The van der Waals surface area contributed by atoms with Crippen molar-refractivity contribution in [3.63, 3.8) is 0 Å². The summed E-state index contributed by atoms with van der Waals surface area (Å²) in [6.45, 7) is 6.82. The Morgan fingerprint density at radius 3 is 2.67 bits per heavy atom. The van der Waals surface area contributed by atoms with Crippen LogP contribution < -0.4 is 11.1 Å². The zero-order valence-corrected chi connectivity index (χ0v) is 13.5. The number of nitrogens with one attached hydrogen (secondary N) is 1. The van der Waals surface area contributed by atoms with Gasteiger partial charge in [0.15, 0.2) is 0 Å². The van der Waals surface area contributed by atoms with E-state index in [2.05, 4.69) is 27.3 Å². The molecule has 1 aromatic heterocycles. The highest BCUT2D eigenvalue weighted by Crippen LogP contribution is 2.22. The molecule has 1 heterocycles. The summed E-state index contributed by atoms with van der Waals surface area (Å²) >= 11 is 5.12. The van der Waals surface area contributed by atoms with Gasteiger partial charge in [-0.3, -0.25) is 4.79 Å². The molecule has 0 saturated heterocycles. The van der Waals surface area contributed by atoms with Gasteiger partial charge < -0.3 is 11.1 Å². The third-order valence-electron chi connectivity index (χ3n) is 2.84. The Morgan fingerprint density at radius 1 is 1.50 bits per heavy atom. The summed E-state index contributed by atoms with van der Waals surface area (Å²) in [6, 6.07) is 3.99. The fourth-order valence-electron chi connectivity index (χ4n) is 1.39. The number of amides is 1. The smallest absolute Gasteiger partial charge is 0.221 e. The molecule has 0 fully saturated rings. The number of rotatable bonds is 5. The molecule has 1 amide bonds. The van der Waals surface area contributed by atoms with Crippen molar-refractivity contribution in [2.45, 2.75) is 39.7 Å². The van der Waals surface area contributed by atoms with Crippen LogP contribution in [0.4, 0.5) is 0 Å². The van der Waals surface area contributed by atoms with Gasteiger partial charge in [0.1, 0.15) is 0 Å². The molecule has 0 bridgehead atoms. The Hall–Kier alpha value is -0.390. The lowest BCUT2D eigenvalue weighted by atomic mass is 9.85. The molecular weight excluding hydrogens is 312 g/mol. The molecule has 0 aliphatic heterocycles. The van der Waals surface area contributed by atoms with E-state index in [1.165, 1.54) is 4.88 Å². The second kappa shape index (κ2) is 6.68. The van der Waals surface area contributed by atoms with Crippen LogP contribution in [0.25, 0.3) is 0 Å². The minimum Gasteiger partial charge on any atom is -0.356 e. The van der Waals surface area contributed by atoms with Crippen LogP contribution in [0.3, 0.4) is 0 Å². The third-order valence-corrected chi connectivity index (χ3v) is 4.52. The molecule has 1 unspecified atom stereocenters. The number of hydrogen-bond acceptors (Lipinski definition) is 3. The topological polar surface area (TPSA) is 55.1 Å². The van der Waals surface area contributed by atoms with Crippen molar-refractivity contribution in [3.05, 3.63) is 20.8 Å². The highest BCUT2D eigenvalue weighted by atomic mass is 79.9. The predicted octanol–water partition coefficient (Wildman–Crippen LogP) is 2.93. The Labute approximate surface area is 121 Å². The minimum absolute atomic E-state index is 0.0318. The average molecular weight is 333 g/mol. The fourth-order valence-corrected chi connectivity index (χ4v) is 2.87. The number of hydrogen-bond donors (Lipinski definition) is 2. The largest absolute Gasteiger partial charge is 0.356 e. The van der Waals surface area contributed by atoms with Crippen LogP contribution in [0, 0.1) is 5.41 Å². The molecular formula is C13H21BrN2OS. The maximum atomic E-state index is 11.7. The van der Waals surface area contributed by atoms with Crippen molar-refractivity contribution in [1.82, 2.24) is 5.32 Å². The Morgan fingerprint density at radius 2 is 2.17 bits per heavy atom. The van der Waals surface area contributed by atoms with Crippen molar-refractivity contribution in [1.29, 1.82) is 0 Å². The Kier molecular flexibility index (Phi) is 5.82. The number of nitrogens with two attached hydrogens (primary N) is 1. The minimum atomic E-state index is -0.103. The molecule has 3 nitrogen and oxygen atoms in total. The van der Waals surface area contributed by atoms with E-state index >= 15 is 0 Å². The second-order valence-corrected chi connectivity index (χ2v) is 8.03. The maximum Gasteiger partial charge on any atom is 0.221 e. The van der Waals surface area contributed by atoms with Crippen LogP contribution in [0.1, 0.15) is 32.1 Å². The molecule has 102 valence electrons. The predicted molar refractivity (Wildman–Crippen MR) is 80.8 cm³/mol. The summed E-state index contributed by atoms with van der Waals surface area (Å²) in [5.41, 5.74) is 5.94. The van der Waals surface area contributed by atoms with Crippen LogP contribution in [-0.4, -0.2) is 18.5 Å². The van der Waals surface area contributed by atoms with E-state index in [-0.39, 0.29) is 17.4 Å². The lowest BCUT2D eigenvalue weighted by Crippen LogP contribution is -2.40. The van der Waals surface area contributed by atoms with Gasteiger partial charge in [-0.1, -0.05) is 20.8 Å². The molecule has 0 spiro atoms. The summed E-state index contributed by atoms with van der Waals surface area (Å²) in [4.78, 5) is 13.0. The molecule has 0 radical (unpaired) electrons. The Balaban J connectivity index is 2.25. The first kappa shape index (κ1) is 15.7. The van der Waals surface area contributed by atoms with Gasteiger partial charge in [-0.25, -0.2) is 0 Å². The zero-order chi connectivity index (χ0) is 13.8. The summed E-state index contributed by atoms with van der Waals surface area (Å²) in [5.74, 6) is 0.0352. The summed E-state index contributed by atoms with van der Waals surface area (Å²) in [5, 5.41) is 2.92. The fraction of sp³-hybridized carbons (Fsp3) is 0.615. The van der Waals surface area contributed by atoms with Crippen molar-refractivity contribution >= 4 is 33.2 Å². The van der Waals surface area contributed by atoms with E-state index in [9.17, 15) is 4.79 Å². The molecule has 0 aliphatic rings. The van der Waals surface area contributed by atoms with Gasteiger partial charge in [0, 0.05) is 23.9 Å². The lowest BCUT2D eigenvalue weighted by Gasteiger charge is -2.26. The summed E-state index contributed by atoms with van der Waals surface area (Å²) in [6.07, 6.45) is 1.25. The maximum absolute atomic E-state index is 11.7. The highest BCUT2D eigenvalue weighted by molar-refractivity contribution is 9.11. The molecule has 0 aromatic carbocycles.